The zero-order valence-electron chi connectivity index (χ0n) is 10.5. The molecule has 0 amide bonds. The fourth-order valence-electron chi connectivity index (χ4n) is 2.22. The Morgan fingerprint density at radius 3 is 2.78 bits per heavy atom. The molecule has 0 fully saturated rings. The van der Waals surface area contributed by atoms with Crippen LogP contribution in [0, 0.1) is 6.92 Å². The molecular weight excluding hydrogens is 222 g/mol. The Hall–Kier alpha value is -2.29. The summed E-state index contributed by atoms with van der Waals surface area (Å²) in [6.45, 7) is 2.13. The molecule has 3 nitrogen and oxygen atoms in total. The van der Waals surface area contributed by atoms with Crippen LogP contribution in [0.1, 0.15) is 5.56 Å². The number of para-hydroxylation sites is 1. The van der Waals surface area contributed by atoms with E-state index in [4.69, 9.17) is 0 Å². The van der Waals surface area contributed by atoms with Gasteiger partial charge in [-0.2, -0.15) is 4.57 Å². The zero-order valence-corrected chi connectivity index (χ0v) is 10.5. The van der Waals surface area contributed by atoms with Crippen LogP contribution >= 0.6 is 0 Å². The molecule has 2 heterocycles. The highest BCUT2D eigenvalue weighted by atomic mass is 14.9. The number of nitrogens with zero attached hydrogens (tertiary/aromatic N) is 3. The molecule has 0 unspecified atom stereocenters. The first-order valence-electron chi connectivity index (χ1n) is 5.92. The molecule has 18 heavy (non-hydrogen) atoms. The van der Waals surface area contributed by atoms with Crippen LogP contribution in [0.15, 0.2) is 49.1 Å². The topological polar surface area (TPSA) is 29.7 Å². The summed E-state index contributed by atoms with van der Waals surface area (Å²) in [5, 5.41) is 1.19. The summed E-state index contributed by atoms with van der Waals surface area (Å²) in [5.41, 5.74) is 4.48. The van der Waals surface area contributed by atoms with Crippen molar-refractivity contribution >= 4 is 10.9 Å². The van der Waals surface area contributed by atoms with E-state index in [1.54, 1.807) is 6.20 Å². The smallest absolute Gasteiger partial charge is 0.232 e. The summed E-state index contributed by atoms with van der Waals surface area (Å²) >= 11 is 0. The minimum absolute atomic E-state index is 1.03. The average Bonchev–Trinajstić information content (AvgIpc) is 2.41. The summed E-state index contributed by atoms with van der Waals surface area (Å²) in [6, 6.07) is 8.20. The second-order valence-electron chi connectivity index (χ2n) is 4.39. The molecule has 0 saturated heterocycles. The number of aryl methyl sites for hydroxylation is 2. The third-order valence-corrected chi connectivity index (χ3v) is 3.27. The van der Waals surface area contributed by atoms with Crippen molar-refractivity contribution in [3.05, 3.63) is 54.6 Å². The summed E-state index contributed by atoms with van der Waals surface area (Å²) < 4.78 is 2.06. The Balaban J connectivity index is 2.31. The predicted octanol–water partition coefficient (Wildman–Crippen LogP) is 2.43. The molecule has 0 aliphatic rings. The van der Waals surface area contributed by atoms with Crippen LogP contribution in [0.25, 0.3) is 22.2 Å². The van der Waals surface area contributed by atoms with Gasteiger partial charge in [0.05, 0.1) is 23.5 Å². The zero-order chi connectivity index (χ0) is 12.5. The highest BCUT2D eigenvalue weighted by Gasteiger charge is 2.14. The van der Waals surface area contributed by atoms with Crippen molar-refractivity contribution in [3.63, 3.8) is 0 Å². The van der Waals surface area contributed by atoms with E-state index in [2.05, 4.69) is 27.5 Å². The maximum Gasteiger partial charge on any atom is 0.232 e. The lowest BCUT2D eigenvalue weighted by Gasteiger charge is -2.06. The van der Waals surface area contributed by atoms with Gasteiger partial charge in [-0.15, -0.1) is 0 Å². The molecule has 0 aliphatic heterocycles. The van der Waals surface area contributed by atoms with Crippen molar-refractivity contribution in [2.75, 3.05) is 0 Å². The Kier molecular flexibility index (Phi) is 2.52. The van der Waals surface area contributed by atoms with Gasteiger partial charge >= 0.3 is 0 Å². The minimum Gasteiger partial charge on any atom is -0.255 e. The summed E-state index contributed by atoms with van der Waals surface area (Å²) in [4.78, 5) is 8.71. The lowest BCUT2D eigenvalue weighted by atomic mass is 10.0. The molecule has 2 aromatic heterocycles. The first kappa shape index (κ1) is 10.8. The Bertz CT molecular complexity index is 720. The molecule has 0 aliphatic carbocycles. The van der Waals surface area contributed by atoms with Gasteiger partial charge in [0, 0.05) is 11.6 Å². The molecule has 0 bridgehead atoms. The standard InChI is InChI=1S/C15H14N3/c1-11-12-5-3-4-6-14(12)17-9-13(11)15-10-16-7-8-18(15)2/h3-10H,1-2H3/q+1. The number of benzene rings is 1. The van der Waals surface area contributed by atoms with E-state index >= 15 is 0 Å². The summed E-state index contributed by atoms with van der Waals surface area (Å²) in [5.74, 6) is 0. The number of aromatic nitrogens is 3. The molecule has 0 N–H and O–H groups in total. The molecule has 0 saturated carbocycles. The second kappa shape index (κ2) is 4.18. The summed E-state index contributed by atoms with van der Waals surface area (Å²) in [6.07, 6.45) is 7.53. The van der Waals surface area contributed by atoms with Gasteiger partial charge in [0.15, 0.2) is 6.20 Å². The van der Waals surface area contributed by atoms with Gasteiger partial charge in [-0.3, -0.25) is 9.97 Å². The Morgan fingerprint density at radius 2 is 1.94 bits per heavy atom. The third-order valence-electron chi connectivity index (χ3n) is 3.27. The molecule has 0 atom stereocenters. The van der Waals surface area contributed by atoms with Gasteiger partial charge in [-0.05, 0) is 18.6 Å². The van der Waals surface area contributed by atoms with Crippen LogP contribution in [0.4, 0.5) is 0 Å². The van der Waals surface area contributed by atoms with Crippen molar-refractivity contribution in [3.8, 4) is 11.3 Å². The van der Waals surface area contributed by atoms with E-state index in [-0.39, 0.29) is 0 Å². The van der Waals surface area contributed by atoms with Gasteiger partial charge in [0.1, 0.15) is 7.05 Å². The number of hydrogen-bond donors (Lipinski definition) is 0. The Labute approximate surface area is 106 Å². The number of pyridine rings is 1. The van der Waals surface area contributed by atoms with E-state index in [0.29, 0.717) is 0 Å². The molecule has 0 radical (unpaired) electrons. The third kappa shape index (κ3) is 1.64. The molecular formula is C15H14N3+. The number of fused-ring (bicyclic) bond motifs is 1. The fraction of sp³-hybridized carbons (Fsp3) is 0.133. The molecule has 3 heteroatoms. The van der Waals surface area contributed by atoms with E-state index in [1.807, 2.05) is 43.8 Å². The molecule has 3 aromatic rings. The molecule has 88 valence electrons. The van der Waals surface area contributed by atoms with Gasteiger partial charge in [-0.1, -0.05) is 18.2 Å². The van der Waals surface area contributed by atoms with Crippen molar-refractivity contribution < 1.29 is 4.57 Å². The average molecular weight is 236 g/mol. The lowest BCUT2D eigenvalue weighted by molar-refractivity contribution is -0.660. The maximum atomic E-state index is 4.52. The van der Waals surface area contributed by atoms with Crippen molar-refractivity contribution in [2.24, 2.45) is 7.05 Å². The van der Waals surface area contributed by atoms with Gasteiger partial charge in [-0.25, -0.2) is 0 Å². The normalized spacial score (nSPS) is 10.8. The predicted molar refractivity (Wildman–Crippen MR) is 70.9 cm³/mol. The first-order chi connectivity index (χ1) is 8.77. The minimum atomic E-state index is 1.03. The van der Waals surface area contributed by atoms with Crippen LogP contribution in [0.3, 0.4) is 0 Å². The largest absolute Gasteiger partial charge is 0.255 e. The lowest BCUT2D eigenvalue weighted by Crippen LogP contribution is -2.30. The first-order valence-corrected chi connectivity index (χ1v) is 5.92. The summed E-state index contributed by atoms with van der Waals surface area (Å²) in [7, 11) is 2.02. The SMILES string of the molecule is Cc1c(-c2cncc[n+]2C)cnc2ccccc12. The van der Waals surface area contributed by atoms with Gasteiger partial charge in [0.2, 0.25) is 5.69 Å². The van der Waals surface area contributed by atoms with E-state index < -0.39 is 0 Å². The molecule has 1 aromatic carbocycles. The van der Waals surface area contributed by atoms with E-state index in [9.17, 15) is 0 Å². The van der Waals surface area contributed by atoms with Crippen LogP contribution < -0.4 is 4.57 Å². The molecule has 3 rings (SSSR count). The highest BCUT2D eigenvalue weighted by Crippen LogP contribution is 2.25. The number of rotatable bonds is 1. The van der Waals surface area contributed by atoms with E-state index in [1.165, 1.54) is 10.9 Å². The van der Waals surface area contributed by atoms with Crippen LogP contribution in [-0.2, 0) is 7.05 Å². The monoisotopic (exact) mass is 236 g/mol. The quantitative estimate of drug-likeness (QED) is 0.607. The van der Waals surface area contributed by atoms with Crippen LogP contribution in [0.5, 0.6) is 0 Å². The van der Waals surface area contributed by atoms with Crippen molar-refractivity contribution in [1.82, 2.24) is 9.97 Å². The highest BCUT2D eigenvalue weighted by molar-refractivity contribution is 5.86. The van der Waals surface area contributed by atoms with Crippen LogP contribution in [0.2, 0.25) is 0 Å². The number of hydrogen-bond acceptors (Lipinski definition) is 2. The van der Waals surface area contributed by atoms with Crippen LogP contribution in [-0.4, -0.2) is 9.97 Å². The molecule has 0 spiro atoms. The van der Waals surface area contributed by atoms with Gasteiger partial charge < -0.3 is 0 Å². The Morgan fingerprint density at radius 1 is 1.11 bits per heavy atom. The fourth-order valence-corrected chi connectivity index (χ4v) is 2.22. The van der Waals surface area contributed by atoms with Gasteiger partial charge in [0.25, 0.3) is 0 Å². The van der Waals surface area contributed by atoms with E-state index in [0.717, 1.165) is 16.8 Å². The maximum absolute atomic E-state index is 4.52. The van der Waals surface area contributed by atoms with Crippen molar-refractivity contribution in [1.29, 1.82) is 0 Å². The van der Waals surface area contributed by atoms with Crippen molar-refractivity contribution in [2.45, 2.75) is 6.92 Å². The second-order valence-corrected chi connectivity index (χ2v) is 4.39.